The van der Waals surface area contributed by atoms with Crippen LogP contribution >= 0.6 is 23.4 Å². The Morgan fingerprint density at radius 1 is 1.17 bits per heavy atom. The second-order valence-electron chi connectivity index (χ2n) is 3.96. The average Bonchev–Trinajstić information content (AvgIpc) is 2.39. The second-order valence-corrected chi connectivity index (χ2v) is 5.27. The van der Waals surface area contributed by atoms with E-state index in [-0.39, 0.29) is 5.78 Å². The monoisotopic (exact) mass is 276 g/mol. The molecule has 2 rings (SSSR count). The molecule has 0 saturated carbocycles. The van der Waals surface area contributed by atoms with Crippen molar-refractivity contribution >= 4 is 29.1 Å². The summed E-state index contributed by atoms with van der Waals surface area (Å²) in [7, 11) is 0. The first-order chi connectivity index (χ1) is 8.69. The van der Waals surface area contributed by atoms with Gasteiger partial charge in [-0.05, 0) is 36.1 Å². The zero-order valence-corrected chi connectivity index (χ0v) is 11.6. The predicted octanol–water partition coefficient (Wildman–Crippen LogP) is 4.49. The number of hydrogen-bond donors (Lipinski definition) is 0. The van der Waals surface area contributed by atoms with Crippen molar-refractivity contribution in [1.29, 1.82) is 0 Å². The third-order valence-corrected chi connectivity index (χ3v) is 3.64. The van der Waals surface area contributed by atoms with Gasteiger partial charge in [-0.15, -0.1) is 11.8 Å². The standard InChI is InChI=1S/C15H13ClOS/c1-18-14-7-5-12(6-8-14)15(17)10-11-3-2-4-13(16)9-11/h2-9H,10H2,1H3. The van der Waals surface area contributed by atoms with E-state index >= 15 is 0 Å². The van der Waals surface area contributed by atoms with E-state index in [1.807, 2.05) is 54.8 Å². The Kier molecular flexibility index (Phi) is 4.45. The van der Waals surface area contributed by atoms with Gasteiger partial charge in [-0.3, -0.25) is 4.79 Å². The fraction of sp³-hybridized carbons (Fsp3) is 0.133. The lowest BCUT2D eigenvalue weighted by molar-refractivity contribution is 0.0993. The van der Waals surface area contributed by atoms with E-state index in [4.69, 9.17) is 11.6 Å². The van der Waals surface area contributed by atoms with Crippen molar-refractivity contribution in [2.45, 2.75) is 11.3 Å². The highest BCUT2D eigenvalue weighted by Crippen LogP contribution is 2.17. The summed E-state index contributed by atoms with van der Waals surface area (Å²) >= 11 is 7.57. The number of hydrogen-bond acceptors (Lipinski definition) is 2. The lowest BCUT2D eigenvalue weighted by Crippen LogP contribution is -2.03. The molecule has 0 saturated heterocycles. The van der Waals surface area contributed by atoms with Crippen LogP contribution in [0.4, 0.5) is 0 Å². The normalized spacial score (nSPS) is 10.3. The summed E-state index contributed by atoms with van der Waals surface area (Å²) < 4.78 is 0. The number of benzene rings is 2. The third-order valence-electron chi connectivity index (χ3n) is 2.67. The maximum Gasteiger partial charge on any atom is 0.167 e. The molecule has 2 aromatic carbocycles. The number of halogens is 1. The van der Waals surface area contributed by atoms with Gasteiger partial charge in [0.05, 0.1) is 0 Å². The van der Waals surface area contributed by atoms with E-state index < -0.39 is 0 Å². The quantitative estimate of drug-likeness (QED) is 0.605. The topological polar surface area (TPSA) is 17.1 Å². The molecule has 0 aliphatic heterocycles. The number of ketones is 1. The molecular formula is C15H13ClOS. The van der Waals surface area contributed by atoms with Crippen LogP contribution in [0.25, 0.3) is 0 Å². The Hall–Kier alpha value is -1.25. The van der Waals surface area contributed by atoms with Gasteiger partial charge in [0.25, 0.3) is 0 Å². The van der Waals surface area contributed by atoms with Crippen molar-refractivity contribution in [3.8, 4) is 0 Å². The molecule has 0 spiro atoms. The first-order valence-corrected chi connectivity index (χ1v) is 7.21. The summed E-state index contributed by atoms with van der Waals surface area (Å²) in [6, 6.07) is 15.1. The van der Waals surface area contributed by atoms with Crippen LogP contribution in [0.1, 0.15) is 15.9 Å². The van der Waals surface area contributed by atoms with Gasteiger partial charge in [0.1, 0.15) is 0 Å². The van der Waals surface area contributed by atoms with Gasteiger partial charge in [-0.2, -0.15) is 0 Å². The number of rotatable bonds is 4. The van der Waals surface area contributed by atoms with Crippen LogP contribution in [-0.4, -0.2) is 12.0 Å². The van der Waals surface area contributed by atoms with Gasteiger partial charge in [0.15, 0.2) is 5.78 Å². The first kappa shape index (κ1) is 13.2. The molecule has 0 aromatic heterocycles. The van der Waals surface area contributed by atoms with E-state index in [1.165, 1.54) is 0 Å². The first-order valence-electron chi connectivity index (χ1n) is 5.61. The zero-order chi connectivity index (χ0) is 13.0. The molecule has 0 N–H and O–H groups in total. The summed E-state index contributed by atoms with van der Waals surface area (Å²) in [6.07, 6.45) is 2.40. The van der Waals surface area contributed by atoms with Crippen molar-refractivity contribution in [1.82, 2.24) is 0 Å². The predicted molar refractivity (Wildman–Crippen MR) is 77.7 cm³/mol. The maximum absolute atomic E-state index is 12.1. The molecule has 0 amide bonds. The van der Waals surface area contributed by atoms with Crippen LogP contribution in [0.15, 0.2) is 53.4 Å². The SMILES string of the molecule is CSc1ccc(C(=O)Cc2cccc(Cl)c2)cc1. The molecule has 0 radical (unpaired) electrons. The lowest BCUT2D eigenvalue weighted by Gasteiger charge is -2.03. The highest BCUT2D eigenvalue weighted by atomic mass is 35.5. The third kappa shape index (κ3) is 3.37. The molecule has 1 nitrogen and oxygen atoms in total. The Morgan fingerprint density at radius 3 is 2.50 bits per heavy atom. The second kappa shape index (κ2) is 6.07. The number of Topliss-reactive ketones (excluding diaryl/α,β-unsaturated/α-hetero) is 1. The minimum Gasteiger partial charge on any atom is -0.294 e. The van der Waals surface area contributed by atoms with Crippen LogP contribution in [0.3, 0.4) is 0 Å². The minimum atomic E-state index is 0.116. The summed E-state index contributed by atoms with van der Waals surface area (Å²) in [5, 5.41) is 0.665. The molecule has 3 heteroatoms. The maximum atomic E-state index is 12.1. The molecule has 92 valence electrons. The Labute approximate surface area is 116 Å². The number of carbonyl (C=O) groups is 1. The van der Waals surface area contributed by atoms with Crippen LogP contribution in [0, 0.1) is 0 Å². The fourth-order valence-corrected chi connectivity index (χ4v) is 2.33. The van der Waals surface area contributed by atoms with Crippen molar-refractivity contribution in [3.63, 3.8) is 0 Å². The minimum absolute atomic E-state index is 0.116. The number of carbonyl (C=O) groups excluding carboxylic acids is 1. The molecule has 0 aliphatic carbocycles. The van der Waals surface area contributed by atoms with Gasteiger partial charge in [-0.25, -0.2) is 0 Å². The van der Waals surface area contributed by atoms with Crippen molar-refractivity contribution < 1.29 is 4.79 Å². The molecule has 18 heavy (non-hydrogen) atoms. The van der Waals surface area contributed by atoms with Crippen LogP contribution in [-0.2, 0) is 6.42 Å². The largest absolute Gasteiger partial charge is 0.294 e. The highest BCUT2D eigenvalue weighted by Gasteiger charge is 2.07. The van der Waals surface area contributed by atoms with Gasteiger partial charge in [-0.1, -0.05) is 35.9 Å². The van der Waals surface area contributed by atoms with E-state index in [9.17, 15) is 4.79 Å². The van der Waals surface area contributed by atoms with Gasteiger partial charge < -0.3 is 0 Å². The van der Waals surface area contributed by atoms with E-state index in [0.29, 0.717) is 11.4 Å². The highest BCUT2D eigenvalue weighted by molar-refractivity contribution is 7.98. The summed E-state index contributed by atoms with van der Waals surface area (Å²) in [5.74, 6) is 0.116. The molecular weight excluding hydrogens is 264 g/mol. The summed E-state index contributed by atoms with van der Waals surface area (Å²) in [5.41, 5.74) is 1.69. The van der Waals surface area contributed by atoms with Gasteiger partial charge in [0, 0.05) is 21.9 Å². The van der Waals surface area contributed by atoms with Gasteiger partial charge >= 0.3 is 0 Å². The van der Waals surface area contributed by atoms with E-state index in [0.717, 1.165) is 16.0 Å². The number of thioether (sulfide) groups is 1. The van der Waals surface area contributed by atoms with Crippen molar-refractivity contribution in [2.24, 2.45) is 0 Å². The molecule has 0 atom stereocenters. The Morgan fingerprint density at radius 2 is 1.89 bits per heavy atom. The lowest BCUT2D eigenvalue weighted by atomic mass is 10.0. The molecule has 0 unspecified atom stereocenters. The molecule has 2 aromatic rings. The van der Waals surface area contributed by atoms with Crippen LogP contribution in [0.5, 0.6) is 0 Å². The van der Waals surface area contributed by atoms with E-state index in [2.05, 4.69) is 0 Å². The Bertz CT molecular complexity index is 549. The van der Waals surface area contributed by atoms with Crippen LogP contribution in [0.2, 0.25) is 5.02 Å². The van der Waals surface area contributed by atoms with Crippen molar-refractivity contribution in [3.05, 3.63) is 64.7 Å². The molecule has 0 heterocycles. The average molecular weight is 277 g/mol. The summed E-state index contributed by atoms with van der Waals surface area (Å²) in [4.78, 5) is 13.2. The molecule has 0 aliphatic rings. The van der Waals surface area contributed by atoms with Gasteiger partial charge in [0.2, 0.25) is 0 Å². The van der Waals surface area contributed by atoms with Crippen LogP contribution < -0.4 is 0 Å². The summed E-state index contributed by atoms with van der Waals surface area (Å²) in [6.45, 7) is 0. The smallest absolute Gasteiger partial charge is 0.167 e. The Balaban J connectivity index is 2.11. The van der Waals surface area contributed by atoms with Crippen molar-refractivity contribution in [2.75, 3.05) is 6.26 Å². The fourth-order valence-electron chi connectivity index (χ4n) is 1.71. The zero-order valence-electron chi connectivity index (χ0n) is 10.0. The molecule has 0 bridgehead atoms. The van der Waals surface area contributed by atoms with E-state index in [1.54, 1.807) is 11.8 Å². The molecule has 0 fully saturated rings.